The molecule has 0 saturated heterocycles. The number of pyridine rings is 1. The lowest BCUT2D eigenvalue weighted by Crippen LogP contribution is -2.42. The number of amides is 1. The van der Waals surface area contributed by atoms with Crippen LogP contribution in [0.25, 0.3) is 16.8 Å². The number of fused-ring (bicyclic) bond motifs is 1. The van der Waals surface area contributed by atoms with Gasteiger partial charge in [0.05, 0.1) is 30.3 Å². The fraction of sp³-hybridized carbons (Fsp3) is 0.318. The molecule has 0 radical (unpaired) electrons. The van der Waals surface area contributed by atoms with Gasteiger partial charge in [-0.3, -0.25) is 9.48 Å². The zero-order valence-electron chi connectivity index (χ0n) is 20.2. The Hall–Kier alpha value is -4.41. The quantitative estimate of drug-likeness (QED) is 0.292. The number of aromatic nitrogens is 6. The lowest BCUT2D eigenvalue weighted by Gasteiger charge is -2.25. The van der Waals surface area contributed by atoms with Gasteiger partial charge in [0.2, 0.25) is 5.88 Å². The third-order valence-corrected chi connectivity index (χ3v) is 5.80. The summed E-state index contributed by atoms with van der Waals surface area (Å²) in [5.41, 5.74) is 1.07. The largest absolute Gasteiger partial charge is 0.480 e. The Labute approximate surface area is 215 Å². The summed E-state index contributed by atoms with van der Waals surface area (Å²) in [6.45, 7) is 0.328. The summed E-state index contributed by atoms with van der Waals surface area (Å²) in [7, 11) is 1.23. The van der Waals surface area contributed by atoms with Crippen LogP contribution in [-0.4, -0.2) is 59.3 Å². The molecule has 11 nitrogen and oxygen atoms in total. The SMILES string of the molecule is COc1ncc(-c2cc(C(F)(F)F)c3c(N)ncnn23)cc1C(=O)Nc1cnn(CCC(C)(O)C(F)(F)F)c1. The summed E-state index contributed by atoms with van der Waals surface area (Å²) in [6, 6.07) is 2.03. The number of nitrogens with one attached hydrogen (secondary N) is 1. The smallest absolute Gasteiger partial charge is 0.418 e. The summed E-state index contributed by atoms with van der Waals surface area (Å²) < 4.78 is 86.8. The molecule has 4 N–H and O–H groups in total. The molecule has 1 amide bonds. The van der Waals surface area contributed by atoms with Crippen LogP contribution in [0.15, 0.2) is 37.1 Å². The molecule has 1 atom stereocenters. The molecule has 208 valence electrons. The predicted molar refractivity (Wildman–Crippen MR) is 124 cm³/mol. The van der Waals surface area contributed by atoms with Gasteiger partial charge in [0.1, 0.15) is 17.4 Å². The standard InChI is InChI=1S/C22H20F6N8O3/c1-20(38,22(26,27)28)3-4-35-9-12(8-32-35)34-18(37)13-5-11(7-30-19(13)39-2)15-6-14(21(23,24)25)16-17(29)31-10-33-36(15)16/h5-10,38H,3-4H2,1-2H3,(H,34,37)(H2,29,31,33). The zero-order chi connectivity index (χ0) is 28.8. The number of carbonyl (C=O) groups is 1. The van der Waals surface area contributed by atoms with E-state index in [1.807, 2.05) is 0 Å². The second-order valence-corrected chi connectivity index (χ2v) is 8.60. The third kappa shape index (κ3) is 5.43. The van der Waals surface area contributed by atoms with Crippen molar-refractivity contribution >= 4 is 22.9 Å². The number of rotatable bonds is 7. The van der Waals surface area contributed by atoms with Gasteiger partial charge in [0, 0.05) is 30.9 Å². The highest BCUT2D eigenvalue weighted by Gasteiger charge is 2.49. The summed E-state index contributed by atoms with van der Waals surface area (Å²) in [5.74, 6) is -1.36. The first kappa shape index (κ1) is 27.6. The van der Waals surface area contributed by atoms with E-state index >= 15 is 0 Å². The molecule has 4 rings (SSSR count). The molecule has 4 aromatic heterocycles. The first-order valence-electron chi connectivity index (χ1n) is 11.0. The average Bonchev–Trinajstić information content (AvgIpc) is 3.47. The highest BCUT2D eigenvalue weighted by molar-refractivity contribution is 6.06. The molecule has 0 aliphatic rings. The molecule has 0 bridgehead atoms. The lowest BCUT2D eigenvalue weighted by atomic mass is 10.0. The van der Waals surface area contributed by atoms with E-state index in [0.717, 1.165) is 21.6 Å². The maximum absolute atomic E-state index is 13.7. The van der Waals surface area contributed by atoms with Crippen molar-refractivity contribution in [1.29, 1.82) is 0 Å². The monoisotopic (exact) mass is 558 g/mol. The van der Waals surface area contributed by atoms with E-state index in [0.29, 0.717) is 6.92 Å². The number of hydrogen-bond acceptors (Lipinski definition) is 8. The molecule has 0 aliphatic heterocycles. The van der Waals surface area contributed by atoms with Gasteiger partial charge in [-0.2, -0.15) is 36.5 Å². The third-order valence-electron chi connectivity index (χ3n) is 5.80. The second kappa shape index (κ2) is 9.72. The van der Waals surface area contributed by atoms with E-state index in [1.54, 1.807) is 0 Å². The van der Waals surface area contributed by atoms with E-state index in [4.69, 9.17) is 10.5 Å². The van der Waals surface area contributed by atoms with E-state index in [9.17, 15) is 36.2 Å². The number of aryl methyl sites for hydroxylation is 1. The number of carbonyl (C=O) groups excluding carboxylic acids is 1. The Balaban J connectivity index is 1.63. The van der Waals surface area contributed by atoms with Gasteiger partial charge >= 0.3 is 12.4 Å². The Bertz CT molecular complexity index is 1530. The van der Waals surface area contributed by atoms with Crippen molar-refractivity contribution in [3.63, 3.8) is 0 Å². The van der Waals surface area contributed by atoms with Gasteiger partial charge in [0.25, 0.3) is 5.91 Å². The van der Waals surface area contributed by atoms with Crippen LogP contribution in [0.4, 0.5) is 37.8 Å². The van der Waals surface area contributed by atoms with Crippen LogP contribution >= 0.6 is 0 Å². The van der Waals surface area contributed by atoms with E-state index in [2.05, 4.69) is 25.5 Å². The summed E-state index contributed by atoms with van der Waals surface area (Å²) >= 11 is 0. The van der Waals surface area contributed by atoms with Crippen molar-refractivity contribution in [2.45, 2.75) is 37.8 Å². The topological polar surface area (TPSA) is 145 Å². The number of ether oxygens (including phenoxy) is 1. The number of hydrogen-bond donors (Lipinski definition) is 3. The van der Waals surface area contributed by atoms with Crippen molar-refractivity contribution < 1.29 is 41.0 Å². The molecule has 4 aromatic rings. The van der Waals surface area contributed by atoms with Gasteiger partial charge in [-0.1, -0.05) is 0 Å². The number of halogens is 6. The van der Waals surface area contributed by atoms with Crippen molar-refractivity contribution in [2.75, 3.05) is 18.2 Å². The number of nitrogens with zero attached hydrogens (tertiary/aromatic N) is 6. The minimum absolute atomic E-state index is 0.0645. The van der Waals surface area contributed by atoms with Gasteiger partial charge in [-0.05, 0) is 19.1 Å². The van der Waals surface area contributed by atoms with E-state index in [1.165, 1.54) is 31.8 Å². The lowest BCUT2D eigenvalue weighted by molar-refractivity contribution is -0.255. The van der Waals surface area contributed by atoms with E-state index in [-0.39, 0.29) is 34.9 Å². The van der Waals surface area contributed by atoms with Crippen LogP contribution in [0.5, 0.6) is 5.88 Å². The predicted octanol–water partition coefficient (Wildman–Crippen LogP) is 3.55. The molecular formula is C22H20F6N8O3. The summed E-state index contributed by atoms with van der Waals surface area (Å²) in [6.07, 6.45) is -5.75. The molecule has 39 heavy (non-hydrogen) atoms. The Morgan fingerprint density at radius 2 is 1.85 bits per heavy atom. The summed E-state index contributed by atoms with van der Waals surface area (Å²) in [5, 5.41) is 19.8. The minimum atomic E-state index is -4.84. The molecule has 0 saturated carbocycles. The molecule has 0 spiro atoms. The fourth-order valence-electron chi connectivity index (χ4n) is 3.63. The number of aliphatic hydroxyl groups is 1. The molecule has 4 heterocycles. The Kier molecular flexibility index (Phi) is 6.88. The number of nitrogen functional groups attached to an aromatic ring is 1. The van der Waals surface area contributed by atoms with Crippen molar-refractivity contribution in [2.24, 2.45) is 0 Å². The van der Waals surface area contributed by atoms with Crippen LogP contribution in [0.3, 0.4) is 0 Å². The van der Waals surface area contributed by atoms with Crippen molar-refractivity contribution in [1.82, 2.24) is 29.4 Å². The highest BCUT2D eigenvalue weighted by atomic mass is 19.4. The van der Waals surface area contributed by atoms with Gasteiger partial charge < -0.3 is 20.9 Å². The number of nitrogens with two attached hydrogens (primary N) is 1. The van der Waals surface area contributed by atoms with Crippen LogP contribution in [0.2, 0.25) is 0 Å². The minimum Gasteiger partial charge on any atom is -0.480 e. The number of anilines is 2. The fourth-order valence-corrected chi connectivity index (χ4v) is 3.63. The van der Waals surface area contributed by atoms with Crippen LogP contribution < -0.4 is 15.8 Å². The van der Waals surface area contributed by atoms with E-state index < -0.39 is 47.2 Å². The first-order valence-corrected chi connectivity index (χ1v) is 11.0. The highest BCUT2D eigenvalue weighted by Crippen LogP contribution is 2.39. The molecule has 1 unspecified atom stereocenters. The zero-order valence-corrected chi connectivity index (χ0v) is 20.2. The van der Waals surface area contributed by atoms with Crippen LogP contribution in [0.1, 0.15) is 29.3 Å². The second-order valence-electron chi connectivity index (χ2n) is 8.60. The molecular weight excluding hydrogens is 538 g/mol. The molecule has 0 aliphatic carbocycles. The molecule has 0 aromatic carbocycles. The van der Waals surface area contributed by atoms with Gasteiger partial charge in [-0.25, -0.2) is 14.5 Å². The van der Waals surface area contributed by atoms with Gasteiger partial charge in [-0.15, -0.1) is 0 Å². The normalized spacial score (nSPS) is 13.9. The Morgan fingerprint density at radius 3 is 2.49 bits per heavy atom. The maximum Gasteiger partial charge on any atom is 0.418 e. The van der Waals surface area contributed by atoms with Crippen LogP contribution in [-0.2, 0) is 12.7 Å². The van der Waals surface area contributed by atoms with Crippen molar-refractivity contribution in [3.05, 3.63) is 48.2 Å². The number of alkyl halides is 6. The number of methoxy groups -OCH3 is 1. The Morgan fingerprint density at radius 1 is 1.13 bits per heavy atom. The van der Waals surface area contributed by atoms with Gasteiger partial charge in [0.15, 0.2) is 11.4 Å². The molecule has 17 heteroatoms. The average molecular weight is 558 g/mol. The summed E-state index contributed by atoms with van der Waals surface area (Å²) in [4.78, 5) is 20.7. The molecule has 0 fully saturated rings. The van der Waals surface area contributed by atoms with Crippen molar-refractivity contribution in [3.8, 4) is 17.1 Å². The first-order chi connectivity index (χ1) is 18.1. The van der Waals surface area contributed by atoms with Crippen LogP contribution in [0, 0.1) is 0 Å². The maximum atomic E-state index is 13.7.